The lowest BCUT2D eigenvalue weighted by atomic mass is 10.3. The topological polar surface area (TPSA) is 91.0 Å². The first-order valence-electron chi connectivity index (χ1n) is 6.50. The average molecular weight is 291 g/mol. The van der Waals surface area contributed by atoms with Gasteiger partial charge in [0.15, 0.2) is 0 Å². The lowest BCUT2D eigenvalue weighted by Gasteiger charge is -2.05. The fourth-order valence-corrected chi connectivity index (χ4v) is 1.86. The molecule has 8 heteroatoms. The van der Waals surface area contributed by atoms with Gasteiger partial charge in [0.05, 0.1) is 7.11 Å². The molecular weight excluding hydrogens is 274 g/mol. The molecule has 2 heterocycles. The van der Waals surface area contributed by atoms with E-state index in [2.05, 4.69) is 15.5 Å². The lowest BCUT2D eigenvalue weighted by molar-refractivity contribution is 0.0949. The van der Waals surface area contributed by atoms with Gasteiger partial charge in [-0.05, 0) is 12.5 Å². The van der Waals surface area contributed by atoms with Gasteiger partial charge in [0, 0.05) is 38.6 Å². The average Bonchev–Trinajstić information content (AvgIpc) is 2.86. The molecule has 0 aromatic carbocycles. The fraction of sp³-hybridized carbons (Fsp3) is 0.385. The minimum atomic E-state index is -0.256. The number of aromatic nitrogens is 4. The Morgan fingerprint density at radius 2 is 2.29 bits per heavy atom. The van der Waals surface area contributed by atoms with Crippen LogP contribution in [0.4, 0.5) is 0 Å². The summed E-state index contributed by atoms with van der Waals surface area (Å²) in [7, 11) is 3.18. The van der Waals surface area contributed by atoms with Crippen LogP contribution in [0.1, 0.15) is 16.8 Å². The van der Waals surface area contributed by atoms with E-state index in [-0.39, 0.29) is 17.3 Å². The number of methoxy groups -OCH3 is 1. The van der Waals surface area contributed by atoms with E-state index in [0.717, 1.165) is 0 Å². The summed E-state index contributed by atoms with van der Waals surface area (Å²) in [5, 5.41) is 10.7. The van der Waals surface area contributed by atoms with E-state index in [0.29, 0.717) is 25.1 Å². The van der Waals surface area contributed by atoms with Crippen molar-refractivity contribution in [2.24, 2.45) is 7.05 Å². The van der Waals surface area contributed by atoms with Crippen LogP contribution in [0.15, 0.2) is 29.3 Å². The number of aryl methyl sites for hydroxylation is 2. The maximum atomic E-state index is 12.0. The molecule has 0 fully saturated rings. The van der Waals surface area contributed by atoms with Gasteiger partial charge in [-0.2, -0.15) is 5.10 Å². The molecule has 0 saturated heterocycles. The van der Waals surface area contributed by atoms with Crippen LogP contribution < -0.4 is 15.6 Å². The van der Waals surface area contributed by atoms with Crippen molar-refractivity contribution in [3.8, 4) is 5.88 Å². The van der Waals surface area contributed by atoms with Crippen molar-refractivity contribution in [2.45, 2.75) is 13.0 Å². The quantitative estimate of drug-likeness (QED) is 0.745. The van der Waals surface area contributed by atoms with Crippen LogP contribution in [0.25, 0.3) is 0 Å². The Morgan fingerprint density at radius 3 is 3.00 bits per heavy atom. The predicted molar refractivity (Wildman–Crippen MR) is 75.2 cm³/mol. The van der Waals surface area contributed by atoms with Gasteiger partial charge >= 0.3 is 0 Å². The van der Waals surface area contributed by atoms with Crippen LogP contribution in [0.2, 0.25) is 0 Å². The summed E-state index contributed by atoms with van der Waals surface area (Å²) in [6.07, 6.45) is 3.75. The smallest absolute Gasteiger partial charge is 0.266 e. The van der Waals surface area contributed by atoms with Gasteiger partial charge in [-0.3, -0.25) is 14.3 Å². The summed E-state index contributed by atoms with van der Waals surface area (Å²) in [6.45, 7) is 0.879. The summed E-state index contributed by atoms with van der Waals surface area (Å²) in [5.74, 6) is 0.0317. The van der Waals surface area contributed by atoms with Crippen molar-refractivity contribution < 1.29 is 9.53 Å². The van der Waals surface area contributed by atoms with E-state index < -0.39 is 0 Å². The van der Waals surface area contributed by atoms with Crippen LogP contribution in [0.3, 0.4) is 0 Å². The highest BCUT2D eigenvalue weighted by Crippen LogP contribution is 2.14. The number of amides is 1. The van der Waals surface area contributed by atoms with E-state index in [1.165, 1.54) is 22.5 Å². The molecule has 0 spiro atoms. The number of rotatable bonds is 6. The molecule has 2 aromatic rings. The van der Waals surface area contributed by atoms with Crippen LogP contribution in [-0.4, -0.2) is 39.1 Å². The molecule has 2 aromatic heterocycles. The van der Waals surface area contributed by atoms with Gasteiger partial charge in [-0.1, -0.05) is 0 Å². The van der Waals surface area contributed by atoms with Gasteiger partial charge in [-0.15, -0.1) is 5.10 Å². The summed E-state index contributed by atoms with van der Waals surface area (Å²) in [5.41, 5.74) is 0.229. The normalized spacial score (nSPS) is 10.4. The van der Waals surface area contributed by atoms with Crippen LogP contribution in [0.5, 0.6) is 5.88 Å². The lowest BCUT2D eigenvalue weighted by Crippen LogP contribution is -2.27. The maximum Gasteiger partial charge on any atom is 0.266 e. The highest BCUT2D eigenvalue weighted by atomic mass is 16.5. The predicted octanol–water partition coefficient (Wildman–Crippen LogP) is -0.194. The minimum Gasteiger partial charge on any atom is -0.479 e. The molecule has 2 rings (SSSR count). The van der Waals surface area contributed by atoms with Crippen molar-refractivity contribution >= 4 is 5.91 Å². The van der Waals surface area contributed by atoms with E-state index in [9.17, 15) is 9.59 Å². The molecule has 0 aliphatic carbocycles. The van der Waals surface area contributed by atoms with E-state index in [1.807, 2.05) is 0 Å². The third kappa shape index (κ3) is 3.68. The first-order valence-corrected chi connectivity index (χ1v) is 6.50. The molecule has 21 heavy (non-hydrogen) atoms. The molecule has 112 valence electrons. The zero-order chi connectivity index (χ0) is 15.2. The Kier molecular flexibility index (Phi) is 4.70. The first-order chi connectivity index (χ1) is 10.1. The maximum absolute atomic E-state index is 12.0. The molecule has 8 nitrogen and oxygen atoms in total. The van der Waals surface area contributed by atoms with Crippen molar-refractivity contribution in [1.82, 2.24) is 24.9 Å². The number of nitrogens with one attached hydrogen (secondary N) is 1. The van der Waals surface area contributed by atoms with E-state index in [1.54, 1.807) is 25.5 Å². The third-order valence-corrected chi connectivity index (χ3v) is 2.85. The first kappa shape index (κ1) is 14.8. The molecule has 1 N–H and O–H groups in total. The Labute approximate surface area is 121 Å². The second-order valence-corrected chi connectivity index (χ2v) is 4.42. The second-order valence-electron chi connectivity index (χ2n) is 4.42. The molecule has 0 unspecified atom stereocenters. The number of hydrogen-bond acceptors (Lipinski definition) is 5. The zero-order valence-corrected chi connectivity index (χ0v) is 11.9. The second kappa shape index (κ2) is 6.69. The van der Waals surface area contributed by atoms with Crippen molar-refractivity contribution in [2.75, 3.05) is 13.7 Å². The Hall–Kier alpha value is -2.64. The third-order valence-electron chi connectivity index (χ3n) is 2.85. The summed E-state index contributed by atoms with van der Waals surface area (Å²) < 4.78 is 7.90. The Balaban J connectivity index is 1.85. The number of carbonyl (C=O) groups is 1. The number of carbonyl (C=O) groups excluding carboxylic acids is 1. The molecule has 0 radical (unpaired) electrons. The standard InChI is InChI=1S/C13H17N5O3/c1-17-9-10(13(16-17)21-2)12(20)14-6-4-8-18-11(19)5-3-7-15-18/h3,5,7,9H,4,6,8H2,1-2H3,(H,14,20). The van der Waals surface area contributed by atoms with Gasteiger partial charge in [0.2, 0.25) is 5.88 Å². The molecule has 0 bridgehead atoms. The van der Waals surface area contributed by atoms with Crippen molar-refractivity contribution in [3.63, 3.8) is 0 Å². The molecule has 0 saturated carbocycles. The highest BCUT2D eigenvalue weighted by molar-refractivity contribution is 5.96. The number of ether oxygens (including phenoxy) is 1. The van der Waals surface area contributed by atoms with E-state index in [4.69, 9.17) is 4.74 Å². The monoisotopic (exact) mass is 291 g/mol. The summed E-state index contributed by atoms with van der Waals surface area (Å²) in [4.78, 5) is 23.4. The summed E-state index contributed by atoms with van der Waals surface area (Å²) >= 11 is 0. The molecule has 0 aliphatic heterocycles. The SMILES string of the molecule is COc1nn(C)cc1C(=O)NCCCn1ncccc1=O. The fourth-order valence-electron chi connectivity index (χ4n) is 1.86. The van der Waals surface area contributed by atoms with Crippen LogP contribution in [0, 0.1) is 0 Å². The van der Waals surface area contributed by atoms with Gasteiger partial charge < -0.3 is 10.1 Å². The summed E-state index contributed by atoms with van der Waals surface area (Å²) in [6, 6.07) is 3.04. The van der Waals surface area contributed by atoms with Crippen molar-refractivity contribution in [1.29, 1.82) is 0 Å². The number of nitrogens with zero attached hydrogens (tertiary/aromatic N) is 4. The number of hydrogen-bond donors (Lipinski definition) is 1. The molecular formula is C13H17N5O3. The van der Waals surface area contributed by atoms with Gasteiger partial charge in [0.1, 0.15) is 5.56 Å². The Bertz CT molecular complexity index is 676. The van der Waals surface area contributed by atoms with Gasteiger partial charge in [0.25, 0.3) is 11.5 Å². The molecule has 1 amide bonds. The van der Waals surface area contributed by atoms with Crippen molar-refractivity contribution in [3.05, 3.63) is 40.4 Å². The Morgan fingerprint density at radius 1 is 1.48 bits per heavy atom. The minimum absolute atomic E-state index is 0.155. The molecule has 0 aliphatic rings. The largest absolute Gasteiger partial charge is 0.479 e. The molecule has 0 atom stereocenters. The van der Waals surface area contributed by atoms with E-state index >= 15 is 0 Å². The van der Waals surface area contributed by atoms with Crippen LogP contribution in [-0.2, 0) is 13.6 Å². The highest BCUT2D eigenvalue weighted by Gasteiger charge is 2.15. The van der Waals surface area contributed by atoms with Crippen LogP contribution >= 0.6 is 0 Å². The van der Waals surface area contributed by atoms with Gasteiger partial charge in [-0.25, -0.2) is 4.68 Å². The zero-order valence-electron chi connectivity index (χ0n) is 11.9.